The first-order chi connectivity index (χ1) is 20.5. The molecule has 13 heteroatoms. The van der Waals surface area contributed by atoms with Gasteiger partial charge in [0.2, 0.25) is 5.95 Å². The lowest BCUT2D eigenvalue weighted by Gasteiger charge is -2.40. The van der Waals surface area contributed by atoms with Crippen molar-refractivity contribution in [3.05, 3.63) is 47.6 Å². The molecular weight excluding hydrogens is 546 g/mol. The van der Waals surface area contributed by atoms with E-state index in [1.165, 1.54) is 12.4 Å². The van der Waals surface area contributed by atoms with E-state index < -0.39 is 0 Å². The zero-order valence-electron chi connectivity index (χ0n) is 25.3. The van der Waals surface area contributed by atoms with Crippen LogP contribution in [0.1, 0.15) is 49.5 Å². The van der Waals surface area contributed by atoms with E-state index in [9.17, 15) is 4.79 Å². The standard InChI is InChI=1S/C30H41N11O2/c1-18-5-6-19(28(42)37-23(32)16-22(31)30(2,3)4)15-21(18)36-27-25-24(34-17-35-27)26(33)39-29(38-25)41-9-7-20(8-10-41)40-11-13-43-14-12-40/h5-6,15-17,20,31H,7-14,32H2,1-4H3,(H,37,42)(H2,33,38,39)(H,34,35,36)/b23-16+,31-22?. The van der Waals surface area contributed by atoms with Crippen LogP contribution in [0, 0.1) is 17.7 Å². The highest BCUT2D eigenvalue weighted by atomic mass is 16.5. The number of morpholine rings is 1. The number of nitrogens with one attached hydrogen (secondary N) is 3. The molecule has 4 heterocycles. The molecule has 2 aliphatic heterocycles. The summed E-state index contributed by atoms with van der Waals surface area (Å²) in [6, 6.07) is 5.81. The Balaban J connectivity index is 1.35. The second-order valence-electron chi connectivity index (χ2n) is 12.1. The normalized spacial score (nSPS) is 17.2. The number of ether oxygens (including phenoxy) is 1. The molecule has 0 unspecified atom stereocenters. The lowest BCUT2D eigenvalue weighted by molar-refractivity contribution is 0.0114. The van der Waals surface area contributed by atoms with E-state index in [0.29, 0.717) is 45.8 Å². The van der Waals surface area contributed by atoms with Crippen LogP contribution in [-0.4, -0.2) is 81.9 Å². The summed E-state index contributed by atoms with van der Waals surface area (Å²) >= 11 is 0. The van der Waals surface area contributed by atoms with Crippen LogP contribution in [0.3, 0.4) is 0 Å². The maximum atomic E-state index is 13.0. The van der Waals surface area contributed by atoms with Crippen LogP contribution in [-0.2, 0) is 4.74 Å². The predicted molar refractivity (Wildman–Crippen MR) is 169 cm³/mol. The summed E-state index contributed by atoms with van der Waals surface area (Å²) in [6.07, 6.45) is 4.91. The summed E-state index contributed by atoms with van der Waals surface area (Å²) in [5.74, 6) is 1.02. The second kappa shape index (κ2) is 12.5. The van der Waals surface area contributed by atoms with Crippen LogP contribution in [0.15, 0.2) is 36.4 Å². The third-order valence-electron chi connectivity index (χ3n) is 7.93. The number of benzene rings is 1. The molecule has 2 aliphatic rings. The zero-order valence-corrected chi connectivity index (χ0v) is 25.3. The molecule has 1 aromatic carbocycles. The van der Waals surface area contributed by atoms with E-state index >= 15 is 0 Å². The molecule has 2 aromatic heterocycles. The number of nitrogens with zero attached hydrogens (tertiary/aromatic N) is 6. The molecule has 2 saturated heterocycles. The second-order valence-corrected chi connectivity index (χ2v) is 12.1. The molecule has 0 radical (unpaired) electrons. The van der Waals surface area contributed by atoms with Gasteiger partial charge in [-0.05, 0) is 43.5 Å². The number of fused-ring (bicyclic) bond motifs is 1. The SMILES string of the molecule is Cc1ccc(C(=O)N/C(N)=C/C(=N)C(C)(C)C)cc1Nc1ncnc2c(N)nc(N3CCC(N4CCOCC4)CC3)nc12. The molecule has 7 N–H and O–H groups in total. The van der Waals surface area contributed by atoms with Crippen molar-refractivity contribution >= 4 is 45.9 Å². The van der Waals surface area contributed by atoms with Crippen molar-refractivity contribution in [1.29, 1.82) is 5.41 Å². The van der Waals surface area contributed by atoms with Crippen molar-refractivity contribution in [2.75, 3.05) is 55.3 Å². The van der Waals surface area contributed by atoms with Gasteiger partial charge in [0.1, 0.15) is 23.2 Å². The summed E-state index contributed by atoms with van der Waals surface area (Å²) in [7, 11) is 0. The van der Waals surface area contributed by atoms with Crippen LogP contribution >= 0.6 is 0 Å². The van der Waals surface area contributed by atoms with E-state index in [-0.39, 0.29) is 23.0 Å². The first-order valence-corrected chi connectivity index (χ1v) is 14.6. The fourth-order valence-electron chi connectivity index (χ4n) is 5.20. The van der Waals surface area contributed by atoms with Crippen molar-refractivity contribution in [3.63, 3.8) is 0 Å². The van der Waals surface area contributed by atoms with Crippen molar-refractivity contribution in [2.24, 2.45) is 11.1 Å². The lowest BCUT2D eigenvalue weighted by atomic mass is 9.90. The third kappa shape index (κ3) is 7.00. The number of anilines is 4. The minimum atomic E-state index is -0.389. The quantitative estimate of drug-likeness (QED) is 0.256. The average molecular weight is 588 g/mol. The van der Waals surface area contributed by atoms with E-state index in [1.807, 2.05) is 33.8 Å². The molecule has 228 valence electrons. The van der Waals surface area contributed by atoms with Gasteiger partial charge in [0.15, 0.2) is 11.6 Å². The number of aromatic nitrogens is 4. The Hall–Kier alpha value is -4.36. The summed E-state index contributed by atoms with van der Waals surface area (Å²) in [4.78, 5) is 35.9. The van der Waals surface area contributed by atoms with Gasteiger partial charge in [-0.3, -0.25) is 9.69 Å². The van der Waals surface area contributed by atoms with Gasteiger partial charge in [-0.2, -0.15) is 4.98 Å². The number of nitrogens with two attached hydrogens (primary N) is 2. The molecule has 2 fully saturated rings. The van der Waals surface area contributed by atoms with Crippen molar-refractivity contribution in [1.82, 2.24) is 30.2 Å². The van der Waals surface area contributed by atoms with Gasteiger partial charge in [0.05, 0.1) is 13.2 Å². The van der Waals surface area contributed by atoms with Crippen LogP contribution in [0.2, 0.25) is 0 Å². The third-order valence-corrected chi connectivity index (χ3v) is 7.93. The minimum absolute atomic E-state index is 0.107. The smallest absolute Gasteiger partial charge is 0.256 e. The lowest BCUT2D eigenvalue weighted by Crippen LogP contribution is -2.49. The summed E-state index contributed by atoms with van der Waals surface area (Å²) in [6.45, 7) is 12.8. The fourth-order valence-corrected chi connectivity index (χ4v) is 5.20. The predicted octanol–water partition coefficient (Wildman–Crippen LogP) is 2.95. The van der Waals surface area contributed by atoms with Crippen LogP contribution in [0.5, 0.6) is 0 Å². The molecule has 0 bridgehead atoms. The number of aryl methyl sites for hydroxylation is 1. The highest BCUT2D eigenvalue weighted by molar-refractivity contribution is 6.00. The fraction of sp³-hybridized carbons (Fsp3) is 0.467. The Morgan fingerprint density at radius 3 is 2.51 bits per heavy atom. The highest BCUT2D eigenvalue weighted by Crippen LogP contribution is 2.29. The number of carbonyl (C=O) groups is 1. The van der Waals surface area contributed by atoms with Gasteiger partial charge in [-0.1, -0.05) is 26.8 Å². The number of rotatable bonds is 7. The van der Waals surface area contributed by atoms with Crippen LogP contribution in [0.25, 0.3) is 11.0 Å². The largest absolute Gasteiger partial charge is 0.385 e. The molecule has 5 rings (SSSR count). The van der Waals surface area contributed by atoms with Crippen molar-refractivity contribution < 1.29 is 9.53 Å². The maximum absolute atomic E-state index is 13.0. The molecule has 0 aliphatic carbocycles. The molecule has 0 saturated carbocycles. The van der Waals surface area contributed by atoms with Gasteiger partial charge in [-0.15, -0.1) is 0 Å². The number of allylic oxidation sites excluding steroid dienone is 1. The van der Waals surface area contributed by atoms with Gasteiger partial charge >= 0.3 is 0 Å². The Kier molecular flexibility index (Phi) is 8.74. The van der Waals surface area contributed by atoms with Crippen LogP contribution < -0.4 is 27.0 Å². The monoisotopic (exact) mass is 587 g/mol. The number of piperidine rings is 1. The minimum Gasteiger partial charge on any atom is -0.385 e. The zero-order chi connectivity index (χ0) is 30.7. The number of nitrogen functional groups attached to an aromatic ring is 1. The summed E-state index contributed by atoms with van der Waals surface area (Å²) in [5.41, 5.74) is 15.2. The van der Waals surface area contributed by atoms with E-state index in [2.05, 4.69) is 35.4 Å². The Morgan fingerprint density at radius 1 is 1.09 bits per heavy atom. The molecule has 0 spiro atoms. The van der Waals surface area contributed by atoms with Crippen molar-refractivity contribution in [3.8, 4) is 0 Å². The number of amides is 1. The number of hydrogen-bond acceptors (Lipinski definition) is 12. The number of carbonyl (C=O) groups excluding carboxylic acids is 1. The van der Waals surface area contributed by atoms with Gasteiger partial charge in [-0.25, -0.2) is 15.0 Å². The number of hydrogen-bond donors (Lipinski definition) is 5. The van der Waals surface area contributed by atoms with Crippen LogP contribution in [0.4, 0.5) is 23.3 Å². The first-order valence-electron chi connectivity index (χ1n) is 14.6. The molecule has 3 aromatic rings. The molecule has 13 nitrogen and oxygen atoms in total. The molecule has 43 heavy (non-hydrogen) atoms. The highest BCUT2D eigenvalue weighted by Gasteiger charge is 2.27. The molecule has 1 amide bonds. The average Bonchev–Trinajstić information content (AvgIpc) is 2.98. The van der Waals surface area contributed by atoms with Gasteiger partial charge in [0, 0.05) is 54.6 Å². The molecule has 0 atom stereocenters. The topological polar surface area (TPSA) is 184 Å². The van der Waals surface area contributed by atoms with Gasteiger partial charge < -0.3 is 37.1 Å². The van der Waals surface area contributed by atoms with E-state index in [0.717, 1.165) is 57.8 Å². The maximum Gasteiger partial charge on any atom is 0.256 e. The van der Waals surface area contributed by atoms with E-state index in [4.69, 9.17) is 26.6 Å². The Bertz CT molecular complexity index is 1540. The van der Waals surface area contributed by atoms with Gasteiger partial charge in [0.25, 0.3) is 5.91 Å². The molecular formula is C30H41N11O2. The Labute approximate surface area is 251 Å². The Morgan fingerprint density at radius 2 is 1.81 bits per heavy atom. The van der Waals surface area contributed by atoms with E-state index in [1.54, 1.807) is 12.1 Å². The van der Waals surface area contributed by atoms with Crippen molar-refractivity contribution in [2.45, 2.75) is 46.6 Å². The summed E-state index contributed by atoms with van der Waals surface area (Å²) < 4.78 is 5.51. The summed E-state index contributed by atoms with van der Waals surface area (Å²) in [5, 5.41) is 14.2. The first kappa shape index (κ1) is 30.1.